The highest BCUT2D eigenvalue weighted by molar-refractivity contribution is 7.89. The molecule has 0 N–H and O–H groups in total. The SMILES string of the molecule is CCN(CC)S(=O)(=O)c1cc(C(=O)OCC(=O)c2ccc(C(C)C)cc2)n(C)c1. The number of carbonyl (C=O) groups excluding carboxylic acids is 2. The summed E-state index contributed by atoms with van der Waals surface area (Å²) in [6.45, 7) is 7.87. The highest BCUT2D eigenvalue weighted by atomic mass is 32.2. The zero-order valence-corrected chi connectivity index (χ0v) is 18.3. The molecule has 8 heteroatoms. The van der Waals surface area contributed by atoms with Gasteiger partial charge in [0.05, 0.1) is 0 Å². The van der Waals surface area contributed by atoms with Gasteiger partial charge < -0.3 is 9.30 Å². The lowest BCUT2D eigenvalue weighted by Gasteiger charge is -2.17. The van der Waals surface area contributed by atoms with Gasteiger partial charge in [0.2, 0.25) is 10.0 Å². The Morgan fingerprint density at radius 1 is 1.10 bits per heavy atom. The molecule has 1 heterocycles. The van der Waals surface area contributed by atoms with Crippen LogP contribution in [0, 0.1) is 0 Å². The molecule has 1 aromatic heterocycles. The standard InChI is InChI=1S/C21H28N2O5S/c1-6-23(7-2)29(26,27)18-12-19(22(5)13-18)21(25)28-14-20(24)17-10-8-16(9-11-17)15(3)4/h8-13,15H,6-7,14H2,1-5H3. The minimum Gasteiger partial charge on any atom is -0.453 e. The monoisotopic (exact) mass is 420 g/mol. The first-order valence-corrected chi connectivity index (χ1v) is 11.0. The maximum atomic E-state index is 12.6. The first kappa shape index (κ1) is 22.8. The van der Waals surface area contributed by atoms with Crippen LogP contribution in [0.4, 0.5) is 0 Å². The third kappa shape index (κ3) is 5.13. The molecule has 0 aliphatic carbocycles. The number of rotatable bonds is 9. The van der Waals surface area contributed by atoms with E-state index in [0.717, 1.165) is 5.56 Å². The number of carbonyl (C=O) groups is 2. The van der Waals surface area contributed by atoms with Crippen LogP contribution in [0.2, 0.25) is 0 Å². The van der Waals surface area contributed by atoms with Crippen molar-refractivity contribution >= 4 is 21.8 Å². The van der Waals surface area contributed by atoms with Gasteiger partial charge in [-0.3, -0.25) is 4.79 Å². The Morgan fingerprint density at radius 3 is 2.21 bits per heavy atom. The van der Waals surface area contributed by atoms with Gasteiger partial charge in [0, 0.05) is 31.9 Å². The highest BCUT2D eigenvalue weighted by Crippen LogP contribution is 2.19. The molecule has 0 unspecified atom stereocenters. The Balaban J connectivity index is 2.10. The molecular formula is C21H28N2O5S. The van der Waals surface area contributed by atoms with Gasteiger partial charge in [0.25, 0.3) is 0 Å². The number of aryl methyl sites for hydroxylation is 1. The van der Waals surface area contributed by atoms with Crippen molar-refractivity contribution in [2.75, 3.05) is 19.7 Å². The third-order valence-corrected chi connectivity index (χ3v) is 6.78. The lowest BCUT2D eigenvalue weighted by Crippen LogP contribution is -2.30. The summed E-state index contributed by atoms with van der Waals surface area (Å²) in [5.41, 5.74) is 1.64. The third-order valence-electron chi connectivity index (χ3n) is 4.77. The van der Waals surface area contributed by atoms with Gasteiger partial charge in [-0.15, -0.1) is 0 Å². The molecule has 29 heavy (non-hydrogen) atoms. The fraction of sp³-hybridized carbons (Fsp3) is 0.429. The van der Waals surface area contributed by atoms with Gasteiger partial charge in [-0.25, -0.2) is 13.2 Å². The second kappa shape index (κ2) is 9.37. The van der Waals surface area contributed by atoms with E-state index >= 15 is 0 Å². The van der Waals surface area contributed by atoms with Crippen LogP contribution >= 0.6 is 0 Å². The van der Waals surface area contributed by atoms with E-state index in [2.05, 4.69) is 13.8 Å². The summed E-state index contributed by atoms with van der Waals surface area (Å²) in [5, 5.41) is 0. The number of Topliss-reactive ketones (excluding diaryl/α,β-unsaturated/α-hetero) is 1. The second-order valence-electron chi connectivity index (χ2n) is 7.04. The average Bonchev–Trinajstić information content (AvgIpc) is 3.09. The number of hydrogen-bond donors (Lipinski definition) is 0. The quantitative estimate of drug-likeness (QED) is 0.459. The van der Waals surface area contributed by atoms with Crippen molar-refractivity contribution in [3.8, 4) is 0 Å². The fourth-order valence-corrected chi connectivity index (χ4v) is 4.46. The van der Waals surface area contributed by atoms with Crippen molar-refractivity contribution in [2.45, 2.75) is 38.5 Å². The van der Waals surface area contributed by atoms with Crippen LogP contribution in [0.1, 0.15) is 60.0 Å². The molecule has 158 valence electrons. The molecule has 0 spiro atoms. The molecule has 0 amide bonds. The van der Waals surface area contributed by atoms with Crippen molar-refractivity contribution in [3.63, 3.8) is 0 Å². The lowest BCUT2D eigenvalue weighted by molar-refractivity contribution is 0.0465. The van der Waals surface area contributed by atoms with E-state index in [1.807, 2.05) is 12.1 Å². The Hall–Kier alpha value is -2.45. The summed E-state index contributed by atoms with van der Waals surface area (Å²) in [5.74, 6) is -0.712. The van der Waals surface area contributed by atoms with Crippen molar-refractivity contribution < 1.29 is 22.7 Å². The lowest BCUT2D eigenvalue weighted by atomic mass is 10.0. The van der Waals surface area contributed by atoms with Gasteiger partial charge in [-0.05, 0) is 17.5 Å². The van der Waals surface area contributed by atoms with E-state index in [1.165, 1.54) is 21.1 Å². The fourth-order valence-electron chi connectivity index (χ4n) is 2.93. The topological polar surface area (TPSA) is 85.7 Å². The minimum atomic E-state index is -3.68. The van der Waals surface area contributed by atoms with Crippen molar-refractivity contribution in [1.29, 1.82) is 0 Å². The number of nitrogens with zero attached hydrogens (tertiary/aromatic N) is 2. The van der Waals surface area contributed by atoms with Crippen LogP contribution in [-0.2, 0) is 21.8 Å². The van der Waals surface area contributed by atoms with Crippen LogP contribution < -0.4 is 0 Å². The van der Waals surface area contributed by atoms with Gasteiger partial charge in [0.1, 0.15) is 10.6 Å². The molecule has 0 saturated carbocycles. The average molecular weight is 421 g/mol. The maximum Gasteiger partial charge on any atom is 0.355 e. The number of ether oxygens (including phenoxy) is 1. The zero-order valence-electron chi connectivity index (χ0n) is 17.5. The van der Waals surface area contributed by atoms with Gasteiger partial charge >= 0.3 is 5.97 Å². The number of sulfonamides is 1. The number of aromatic nitrogens is 1. The molecule has 0 saturated heterocycles. The first-order chi connectivity index (χ1) is 13.6. The predicted molar refractivity (Wildman–Crippen MR) is 111 cm³/mol. The molecular weight excluding hydrogens is 392 g/mol. The van der Waals surface area contributed by atoms with E-state index in [-0.39, 0.29) is 16.4 Å². The molecule has 7 nitrogen and oxygen atoms in total. The molecule has 0 atom stereocenters. The Kier molecular flexibility index (Phi) is 7.37. The van der Waals surface area contributed by atoms with E-state index in [0.29, 0.717) is 24.6 Å². The number of benzene rings is 1. The van der Waals surface area contributed by atoms with Crippen LogP contribution in [0.3, 0.4) is 0 Å². The molecule has 0 bridgehead atoms. The molecule has 0 fully saturated rings. The van der Waals surface area contributed by atoms with E-state index < -0.39 is 22.6 Å². The van der Waals surface area contributed by atoms with Crippen molar-refractivity contribution in [3.05, 3.63) is 53.3 Å². The molecule has 0 radical (unpaired) electrons. The smallest absolute Gasteiger partial charge is 0.355 e. The maximum absolute atomic E-state index is 12.6. The second-order valence-corrected chi connectivity index (χ2v) is 8.98. The van der Waals surface area contributed by atoms with Gasteiger partial charge in [-0.2, -0.15) is 4.31 Å². The first-order valence-electron chi connectivity index (χ1n) is 9.58. The number of hydrogen-bond acceptors (Lipinski definition) is 5. The van der Waals surface area contributed by atoms with Crippen LogP contribution in [-0.4, -0.2) is 48.7 Å². The Morgan fingerprint density at radius 2 is 1.69 bits per heavy atom. The van der Waals surface area contributed by atoms with E-state index in [1.54, 1.807) is 33.0 Å². The van der Waals surface area contributed by atoms with E-state index in [4.69, 9.17) is 4.74 Å². The summed E-state index contributed by atoms with van der Waals surface area (Å²) in [7, 11) is -2.12. The largest absolute Gasteiger partial charge is 0.453 e. The summed E-state index contributed by atoms with van der Waals surface area (Å²) >= 11 is 0. The number of esters is 1. The summed E-state index contributed by atoms with van der Waals surface area (Å²) in [4.78, 5) is 24.7. The highest BCUT2D eigenvalue weighted by Gasteiger charge is 2.26. The normalized spacial score (nSPS) is 11.8. The van der Waals surface area contributed by atoms with Crippen LogP contribution in [0.15, 0.2) is 41.4 Å². The molecule has 0 aliphatic heterocycles. The van der Waals surface area contributed by atoms with Crippen LogP contribution in [0.5, 0.6) is 0 Å². The predicted octanol–water partition coefficient (Wildman–Crippen LogP) is 3.22. The Bertz CT molecular complexity index is 971. The molecule has 2 rings (SSSR count). The number of ketones is 1. The molecule has 0 aliphatic rings. The van der Waals surface area contributed by atoms with Crippen LogP contribution in [0.25, 0.3) is 0 Å². The summed E-state index contributed by atoms with van der Waals surface area (Å²) in [6.07, 6.45) is 1.37. The van der Waals surface area contributed by atoms with Gasteiger partial charge in [-0.1, -0.05) is 52.0 Å². The molecule has 1 aromatic carbocycles. The Labute approximate surface area is 172 Å². The molecule has 2 aromatic rings. The van der Waals surface area contributed by atoms with Crippen molar-refractivity contribution in [2.24, 2.45) is 7.05 Å². The zero-order chi connectivity index (χ0) is 21.8. The summed E-state index contributed by atoms with van der Waals surface area (Å²) < 4.78 is 33.1. The summed E-state index contributed by atoms with van der Waals surface area (Å²) in [6, 6.07) is 8.45. The van der Waals surface area contributed by atoms with E-state index in [9.17, 15) is 18.0 Å². The van der Waals surface area contributed by atoms with Crippen molar-refractivity contribution in [1.82, 2.24) is 8.87 Å². The van der Waals surface area contributed by atoms with Gasteiger partial charge in [0.15, 0.2) is 12.4 Å². The minimum absolute atomic E-state index is 0.0197.